The van der Waals surface area contributed by atoms with Crippen molar-refractivity contribution in [3.63, 3.8) is 0 Å². The summed E-state index contributed by atoms with van der Waals surface area (Å²) in [6.07, 6.45) is 0. The first-order valence-corrected chi connectivity index (χ1v) is 8.09. The van der Waals surface area contributed by atoms with Crippen molar-refractivity contribution in [2.75, 3.05) is 29.5 Å². The molecule has 0 bridgehead atoms. The van der Waals surface area contributed by atoms with Crippen molar-refractivity contribution in [3.8, 4) is 0 Å². The zero-order valence-corrected chi connectivity index (χ0v) is 12.7. The van der Waals surface area contributed by atoms with Crippen LogP contribution in [-0.4, -0.2) is 30.6 Å². The van der Waals surface area contributed by atoms with Crippen LogP contribution in [0.4, 0.5) is 5.69 Å². The fourth-order valence-corrected chi connectivity index (χ4v) is 3.53. The summed E-state index contributed by atoms with van der Waals surface area (Å²) in [5, 5.41) is 4.22. The third-order valence-corrected chi connectivity index (χ3v) is 4.71. The summed E-state index contributed by atoms with van der Waals surface area (Å²) < 4.78 is 0. The lowest BCUT2D eigenvalue weighted by molar-refractivity contribution is 0.681. The lowest BCUT2D eigenvalue weighted by Gasteiger charge is -2.36. The molecule has 1 heterocycles. The number of benzene rings is 1. The Morgan fingerprint density at radius 2 is 2.33 bits per heavy atom. The Morgan fingerprint density at radius 3 is 3.06 bits per heavy atom. The molecule has 0 aliphatic carbocycles. The Kier molecular flexibility index (Phi) is 5.22. The molecule has 1 aliphatic rings. The highest BCUT2D eigenvalue weighted by Gasteiger charge is 2.21. The summed E-state index contributed by atoms with van der Waals surface area (Å²) in [7, 11) is 0. The van der Waals surface area contributed by atoms with Crippen molar-refractivity contribution in [2.45, 2.75) is 26.4 Å². The van der Waals surface area contributed by atoms with Crippen LogP contribution >= 0.6 is 23.4 Å². The van der Waals surface area contributed by atoms with Crippen LogP contribution in [0.2, 0.25) is 5.02 Å². The van der Waals surface area contributed by atoms with Gasteiger partial charge in [-0.15, -0.1) is 0 Å². The Balaban J connectivity index is 2.24. The quantitative estimate of drug-likeness (QED) is 0.912. The van der Waals surface area contributed by atoms with Gasteiger partial charge in [0.2, 0.25) is 0 Å². The van der Waals surface area contributed by atoms with E-state index in [1.165, 1.54) is 22.8 Å². The molecular formula is C14H21ClN2S. The number of nitrogens with zero attached hydrogens (tertiary/aromatic N) is 1. The summed E-state index contributed by atoms with van der Waals surface area (Å²) in [5.41, 5.74) is 2.65. The number of hydrogen-bond acceptors (Lipinski definition) is 3. The van der Waals surface area contributed by atoms with Crippen molar-refractivity contribution in [1.82, 2.24) is 5.32 Å². The lowest BCUT2D eigenvalue weighted by atomic mass is 10.1. The van der Waals surface area contributed by atoms with E-state index >= 15 is 0 Å². The SMILES string of the molecule is CCNCc1cc(Cl)ccc1N1CCSCC1C. The van der Waals surface area contributed by atoms with Crippen LogP contribution in [0.5, 0.6) is 0 Å². The van der Waals surface area contributed by atoms with Gasteiger partial charge in [0.25, 0.3) is 0 Å². The molecule has 1 aromatic rings. The Morgan fingerprint density at radius 1 is 1.50 bits per heavy atom. The fourth-order valence-electron chi connectivity index (χ4n) is 2.32. The zero-order valence-electron chi connectivity index (χ0n) is 11.1. The average molecular weight is 285 g/mol. The van der Waals surface area contributed by atoms with Gasteiger partial charge in [-0.1, -0.05) is 18.5 Å². The number of halogens is 1. The molecule has 100 valence electrons. The van der Waals surface area contributed by atoms with Gasteiger partial charge in [-0.25, -0.2) is 0 Å². The smallest absolute Gasteiger partial charge is 0.0415 e. The van der Waals surface area contributed by atoms with Crippen LogP contribution in [0, 0.1) is 0 Å². The minimum absolute atomic E-state index is 0.602. The number of hydrogen-bond donors (Lipinski definition) is 1. The van der Waals surface area contributed by atoms with E-state index in [4.69, 9.17) is 11.6 Å². The van der Waals surface area contributed by atoms with E-state index in [1.807, 2.05) is 17.8 Å². The second-order valence-electron chi connectivity index (χ2n) is 4.67. The second-order valence-corrected chi connectivity index (χ2v) is 6.26. The molecule has 1 unspecified atom stereocenters. The number of thioether (sulfide) groups is 1. The summed E-state index contributed by atoms with van der Waals surface area (Å²) >= 11 is 8.17. The monoisotopic (exact) mass is 284 g/mol. The largest absolute Gasteiger partial charge is 0.367 e. The topological polar surface area (TPSA) is 15.3 Å². The van der Waals surface area contributed by atoms with Crippen molar-refractivity contribution in [1.29, 1.82) is 0 Å². The van der Waals surface area contributed by atoms with Crippen LogP contribution in [-0.2, 0) is 6.54 Å². The van der Waals surface area contributed by atoms with E-state index in [2.05, 4.69) is 36.2 Å². The Bertz CT molecular complexity index is 397. The van der Waals surface area contributed by atoms with Gasteiger partial charge in [0, 0.05) is 41.3 Å². The molecule has 1 fully saturated rings. The third kappa shape index (κ3) is 3.34. The molecule has 1 aliphatic heterocycles. The highest BCUT2D eigenvalue weighted by atomic mass is 35.5. The zero-order chi connectivity index (χ0) is 13.0. The first kappa shape index (κ1) is 14.0. The molecule has 1 N–H and O–H groups in total. The van der Waals surface area contributed by atoms with Gasteiger partial charge in [0.1, 0.15) is 0 Å². The van der Waals surface area contributed by atoms with Crippen molar-refractivity contribution in [2.24, 2.45) is 0 Å². The van der Waals surface area contributed by atoms with Gasteiger partial charge >= 0.3 is 0 Å². The van der Waals surface area contributed by atoms with Crippen LogP contribution in [0.3, 0.4) is 0 Å². The van der Waals surface area contributed by atoms with E-state index < -0.39 is 0 Å². The van der Waals surface area contributed by atoms with Gasteiger partial charge in [-0.2, -0.15) is 11.8 Å². The van der Waals surface area contributed by atoms with Gasteiger partial charge in [0.05, 0.1) is 0 Å². The van der Waals surface area contributed by atoms with E-state index in [9.17, 15) is 0 Å². The van der Waals surface area contributed by atoms with Crippen molar-refractivity contribution < 1.29 is 0 Å². The van der Waals surface area contributed by atoms with Gasteiger partial charge in [0.15, 0.2) is 0 Å². The molecule has 0 amide bonds. The molecule has 1 aromatic carbocycles. The van der Waals surface area contributed by atoms with Crippen molar-refractivity contribution >= 4 is 29.1 Å². The minimum Gasteiger partial charge on any atom is -0.367 e. The average Bonchev–Trinajstić information content (AvgIpc) is 2.37. The number of anilines is 1. The Hall–Kier alpha value is -0.380. The maximum absolute atomic E-state index is 6.12. The molecule has 2 nitrogen and oxygen atoms in total. The molecule has 0 saturated carbocycles. The van der Waals surface area contributed by atoms with Crippen LogP contribution < -0.4 is 10.2 Å². The third-order valence-electron chi connectivity index (χ3n) is 3.28. The predicted octanol–water partition coefficient (Wildman–Crippen LogP) is 3.39. The van der Waals surface area contributed by atoms with Gasteiger partial charge in [-0.3, -0.25) is 0 Å². The van der Waals surface area contributed by atoms with E-state index in [-0.39, 0.29) is 0 Å². The fraction of sp³-hybridized carbons (Fsp3) is 0.571. The van der Waals surface area contributed by atoms with E-state index in [0.717, 1.165) is 24.7 Å². The van der Waals surface area contributed by atoms with Gasteiger partial charge in [-0.05, 0) is 37.2 Å². The lowest BCUT2D eigenvalue weighted by Crippen LogP contribution is -2.41. The number of rotatable bonds is 4. The summed E-state index contributed by atoms with van der Waals surface area (Å²) in [6, 6.07) is 6.86. The first-order valence-electron chi connectivity index (χ1n) is 6.56. The molecule has 2 rings (SSSR count). The Labute approximate surface area is 119 Å². The molecule has 0 aromatic heterocycles. The molecule has 1 atom stereocenters. The molecular weight excluding hydrogens is 264 g/mol. The van der Waals surface area contributed by atoms with Crippen molar-refractivity contribution in [3.05, 3.63) is 28.8 Å². The highest BCUT2D eigenvalue weighted by molar-refractivity contribution is 7.99. The van der Waals surface area contributed by atoms with Gasteiger partial charge < -0.3 is 10.2 Å². The molecule has 1 saturated heterocycles. The molecule has 0 radical (unpaired) electrons. The number of nitrogens with one attached hydrogen (secondary N) is 1. The summed E-state index contributed by atoms with van der Waals surface area (Å²) in [6.45, 7) is 7.44. The second kappa shape index (κ2) is 6.69. The predicted molar refractivity (Wildman–Crippen MR) is 83.0 cm³/mol. The van der Waals surface area contributed by atoms with E-state index in [0.29, 0.717) is 6.04 Å². The maximum Gasteiger partial charge on any atom is 0.0415 e. The first-order chi connectivity index (χ1) is 8.72. The minimum atomic E-state index is 0.602. The highest BCUT2D eigenvalue weighted by Crippen LogP contribution is 2.29. The summed E-state index contributed by atoms with van der Waals surface area (Å²) in [4.78, 5) is 2.51. The summed E-state index contributed by atoms with van der Waals surface area (Å²) in [5.74, 6) is 2.43. The maximum atomic E-state index is 6.12. The molecule has 18 heavy (non-hydrogen) atoms. The molecule has 0 spiro atoms. The van der Waals surface area contributed by atoms with Crippen LogP contribution in [0.25, 0.3) is 0 Å². The molecule has 4 heteroatoms. The van der Waals surface area contributed by atoms with E-state index in [1.54, 1.807) is 0 Å². The standard InChI is InChI=1S/C14H21ClN2S/c1-3-16-9-12-8-13(15)4-5-14(12)17-6-7-18-10-11(17)2/h4-5,8,11,16H,3,6-7,9-10H2,1-2H3. The van der Waals surface area contributed by atoms with Crippen LogP contribution in [0.15, 0.2) is 18.2 Å². The normalized spacial score (nSPS) is 20.2. The van der Waals surface area contributed by atoms with Crippen LogP contribution in [0.1, 0.15) is 19.4 Å².